The third-order valence-electron chi connectivity index (χ3n) is 6.93. The van der Waals surface area contributed by atoms with Gasteiger partial charge in [-0.1, -0.05) is 12.5 Å². The van der Waals surface area contributed by atoms with E-state index in [1.165, 1.54) is 19.3 Å². The van der Waals surface area contributed by atoms with Crippen molar-refractivity contribution in [3.8, 4) is 0 Å². The molecule has 0 aliphatic carbocycles. The molecular formula is C22H32N4O3. The minimum absolute atomic E-state index is 0.0859. The van der Waals surface area contributed by atoms with E-state index in [0.717, 1.165) is 31.6 Å². The third-order valence-corrected chi connectivity index (χ3v) is 6.93. The monoisotopic (exact) mass is 400 g/mol. The summed E-state index contributed by atoms with van der Waals surface area (Å²) in [5.74, 6) is 0.334. The molecule has 158 valence electrons. The number of carbonyl (C=O) groups is 2. The van der Waals surface area contributed by atoms with Crippen LogP contribution < -0.4 is 5.32 Å². The molecule has 3 aliphatic heterocycles. The molecule has 1 aromatic rings. The van der Waals surface area contributed by atoms with Crippen LogP contribution in [-0.2, 0) is 16.0 Å². The maximum Gasteiger partial charge on any atom is 0.317 e. The first kappa shape index (κ1) is 20.3. The molecule has 7 heteroatoms. The Labute approximate surface area is 172 Å². The fourth-order valence-electron chi connectivity index (χ4n) is 5.72. The quantitative estimate of drug-likeness (QED) is 0.719. The molecule has 4 atom stereocenters. The minimum Gasteiger partial charge on any atom is -0.480 e. The van der Waals surface area contributed by atoms with Gasteiger partial charge in [-0.05, 0) is 55.7 Å². The number of carbonyl (C=O) groups excluding carboxylic acids is 1. The lowest BCUT2D eigenvalue weighted by atomic mass is 9.72. The van der Waals surface area contributed by atoms with Gasteiger partial charge in [-0.3, -0.25) is 24.4 Å². The van der Waals surface area contributed by atoms with Crippen LogP contribution in [0.2, 0.25) is 0 Å². The molecule has 1 amide bonds. The number of aromatic nitrogens is 1. The van der Waals surface area contributed by atoms with Gasteiger partial charge in [-0.15, -0.1) is 0 Å². The Morgan fingerprint density at radius 1 is 1.24 bits per heavy atom. The number of nitrogens with zero attached hydrogens (tertiary/aromatic N) is 3. The number of likely N-dealkylation sites (tertiary alicyclic amines) is 1. The molecule has 2 N–H and O–H groups in total. The number of pyridine rings is 1. The van der Waals surface area contributed by atoms with E-state index in [1.807, 2.05) is 18.3 Å². The summed E-state index contributed by atoms with van der Waals surface area (Å²) in [4.78, 5) is 32.6. The van der Waals surface area contributed by atoms with Crippen molar-refractivity contribution in [2.24, 2.45) is 11.8 Å². The van der Waals surface area contributed by atoms with Gasteiger partial charge in [0.1, 0.15) is 0 Å². The first-order valence-corrected chi connectivity index (χ1v) is 11.0. The number of piperidine rings is 3. The van der Waals surface area contributed by atoms with Crippen LogP contribution in [0.25, 0.3) is 0 Å². The average Bonchev–Trinajstić information content (AvgIpc) is 2.72. The van der Waals surface area contributed by atoms with Crippen LogP contribution in [0.4, 0.5) is 0 Å². The first-order chi connectivity index (χ1) is 14.1. The van der Waals surface area contributed by atoms with E-state index >= 15 is 0 Å². The second-order valence-electron chi connectivity index (χ2n) is 8.88. The number of rotatable bonds is 7. The summed E-state index contributed by atoms with van der Waals surface area (Å²) < 4.78 is 0. The molecule has 4 heterocycles. The van der Waals surface area contributed by atoms with E-state index in [9.17, 15) is 14.7 Å². The summed E-state index contributed by atoms with van der Waals surface area (Å²) >= 11 is 0. The number of carboxylic acid groups (broad SMARTS) is 1. The summed E-state index contributed by atoms with van der Waals surface area (Å²) in [6.45, 7) is 3.62. The number of aryl methyl sites for hydroxylation is 1. The van der Waals surface area contributed by atoms with Crippen molar-refractivity contribution in [3.63, 3.8) is 0 Å². The van der Waals surface area contributed by atoms with E-state index in [-0.39, 0.29) is 12.5 Å². The van der Waals surface area contributed by atoms with Gasteiger partial charge in [0, 0.05) is 50.5 Å². The average molecular weight is 401 g/mol. The Kier molecular flexibility index (Phi) is 6.45. The predicted molar refractivity (Wildman–Crippen MR) is 109 cm³/mol. The number of carboxylic acids is 1. The Hall–Kier alpha value is -1.99. The summed E-state index contributed by atoms with van der Waals surface area (Å²) in [7, 11) is 0. The third kappa shape index (κ3) is 4.95. The summed E-state index contributed by atoms with van der Waals surface area (Å²) in [5.41, 5.74) is 1.08. The van der Waals surface area contributed by atoms with Gasteiger partial charge in [0.15, 0.2) is 0 Å². The molecule has 3 fully saturated rings. The normalized spacial score (nSPS) is 29.8. The van der Waals surface area contributed by atoms with Crippen LogP contribution in [0, 0.1) is 11.8 Å². The molecule has 0 spiro atoms. The minimum atomic E-state index is -0.745. The number of hydrogen-bond donors (Lipinski definition) is 2. The van der Waals surface area contributed by atoms with E-state index in [4.69, 9.17) is 0 Å². The van der Waals surface area contributed by atoms with Crippen molar-refractivity contribution in [1.29, 1.82) is 0 Å². The second-order valence-corrected chi connectivity index (χ2v) is 8.88. The summed E-state index contributed by atoms with van der Waals surface area (Å²) in [6, 6.07) is 4.75. The zero-order valence-electron chi connectivity index (χ0n) is 17.0. The van der Waals surface area contributed by atoms with Gasteiger partial charge in [-0.25, -0.2) is 0 Å². The largest absolute Gasteiger partial charge is 0.480 e. The van der Waals surface area contributed by atoms with Gasteiger partial charge < -0.3 is 10.4 Å². The molecular weight excluding hydrogens is 368 g/mol. The highest BCUT2D eigenvalue weighted by Crippen LogP contribution is 2.40. The van der Waals surface area contributed by atoms with Crippen LogP contribution in [0.5, 0.6) is 0 Å². The smallest absolute Gasteiger partial charge is 0.317 e. The standard InChI is InChI=1S/C22H32N4O3/c27-21(7-6-16-4-3-8-23-11-16)24-12-20-18-10-17(13-25(14-18)15-22(28)29)19-5-1-2-9-26(19)20/h3-4,8,11,17-20H,1-2,5-7,9-10,12-15H2,(H,24,27)(H,28,29)/t17-,18+,19+,20+/m1/s1. The topological polar surface area (TPSA) is 85.8 Å². The van der Waals surface area contributed by atoms with Crippen molar-refractivity contribution in [3.05, 3.63) is 30.1 Å². The summed E-state index contributed by atoms with van der Waals surface area (Å²) in [5, 5.41) is 12.4. The van der Waals surface area contributed by atoms with Crippen molar-refractivity contribution in [2.45, 2.75) is 50.6 Å². The van der Waals surface area contributed by atoms with Crippen molar-refractivity contribution in [1.82, 2.24) is 20.1 Å². The van der Waals surface area contributed by atoms with Crippen LogP contribution >= 0.6 is 0 Å². The molecule has 2 bridgehead atoms. The van der Waals surface area contributed by atoms with Crippen molar-refractivity contribution >= 4 is 11.9 Å². The summed E-state index contributed by atoms with van der Waals surface area (Å²) in [6.07, 6.45) is 9.57. The van der Waals surface area contributed by atoms with Crippen molar-refractivity contribution in [2.75, 3.05) is 32.7 Å². The number of aliphatic carboxylic acids is 1. The lowest BCUT2D eigenvalue weighted by molar-refractivity contribution is -0.141. The van der Waals surface area contributed by atoms with E-state index in [1.54, 1.807) is 6.20 Å². The van der Waals surface area contributed by atoms with Gasteiger partial charge >= 0.3 is 5.97 Å². The highest BCUT2D eigenvalue weighted by molar-refractivity contribution is 5.76. The van der Waals surface area contributed by atoms with E-state index < -0.39 is 5.97 Å². The van der Waals surface area contributed by atoms with Gasteiger partial charge in [0.25, 0.3) is 0 Å². The Morgan fingerprint density at radius 2 is 2.10 bits per heavy atom. The molecule has 0 aromatic carbocycles. The van der Waals surface area contributed by atoms with Crippen molar-refractivity contribution < 1.29 is 14.7 Å². The number of hydrogen-bond acceptors (Lipinski definition) is 5. The van der Waals surface area contributed by atoms with Gasteiger partial charge in [0.2, 0.25) is 5.91 Å². The van der Waals surface area contributed by atoms with Crippen LogP contribution in [0.1, 0.15) is 37.7 Å². The van der Waals surface area contributed by atoms with Crippen LogP contribution in [-0.4, -0.2) is 76.6 Å². The zero-order valence-corrected chi connectivity index (χ0v) is 17.0. The lowest BCUT2D eigenvalue weighted by Gasteiger charge is -2.56. The van der Waals surface area contributed by atoms with Gasteiger partial charge in [-0.2, -0.15) is 0 Å². The zero-order chi connectivity index (χ0) is 20.2. The fourth-order valence-corrected chi connectivity index (χ4v) is 5.72. The number of amides is 1. The highest BCUT2D eigenvalue weighted by Gasteiger charge is 2.47. The maximum absolute atomic E-state index is 12.5. The molecule has 0 unspecified atom stereocenters. The molecule has 0 saturated carbocycles. The van der Waals surface area contributed by atoms with Crippen LogP contribution in [0.15, 0.2) is 24.5 Å². The Bertz CT molecular complexity index is 713. The highest BCUT2D eigenvalue weighted by atomic mass is 16.4. The number of nitrogens with one attached hydrogen (secondary N) is 1. The van der Waals surface area contributed by atoms with E-state index in [2.05, 4.69) is 20.1 Å². The Morgan fingerprint density at radius 3 is 2.90 bits per heavy atom. The number of fused-ring (bicyclic) bond motifs is 4. The Balaban J connectivity index is 1.36. The molecule has 0 radical (unpaired) electrons. The lowest BCUT2D eigenvalue weighted by Crippen LogP contribution is -2.66. The fraction of sp³-hybridized carbons (Fsp3) is 0.682. The maximum atomic E-state index is 12.5. The molecule has 4 rings (SSSR count). The second kappa shape index (κ2) is 9.22. The van der Waals surface area contributed by atoms with Gasteiger partial charge in [0.05, 0.1) is 6.54 Å². The SMILES string of the molecule is O=C(O)CN1C[C@H]2C[C@@H](C1)[C@H](CNC(=O)CCc1cccnc1)N1CCCC[C@@H]21. The molecule has 3 saturated heterocycles. The first-order valence-electron chi connectivity index (χ1n) is 11.0. The molecule has 3 aliphatic rings. The predicted octanol–water partition coefficient (Wildman–Crippen LogP) is 1.39. The molecule has 7 nitrogen and oxygen atoms in total. The molecule has 1 aromatic heterocycles. The molecule has 29 heavy (non-hydrogen) atoms. The van der Waals surface area contributed by atoms with Crippen LogP contribution in [0.3, 0.4) is 0 Å². The van der Waals surface area contributed by atoms with E-state index in [0.29, 0.717) is 43.3 Å².